The van der Waals surface area contributed by atoms with E-state index in [0.717, 1.165) is 44.9 Å². The summed E-state index contributed by atoms with van der Waals surface area (Å²) in [6.07, 6.45) is 0. The molecule has 1 aliphatic carbocycles. The van der Waals surface area contributed by atoms with Crippen LogP contribution in [-0.4, -0.2) is 0 Å². The standard InChI is InChI=1S/C51H36F2N2/c1-51(2)47-19-11-18-43-45-32-49(55(36-14-7-4-8-15-36)38-26-22-34(53)23-27-38)42-17-10-9-16-40(42)44(45)31-46(50(43)47)41-29-28-39(30-48(41)51)54(35-12-5-3-6-13-35)37-24-20-33(52)21-25-37/h3-32H,1-2H3. The van der Waals surface area contributed by atoms with Crippen molar-refractivity contribution in [3.05, 3.63) is 205 Å². The van der Waals surface area contributed by atoms with Gasteiger partial charge in [0, 0.05) is 39.2 Å². The normalized spacial score (nSPS) is 12.9. The third-order valence-electron chi connectivity index (χ3n) is 11.3. The molecule has 0 aliphatic heterocycles. The van der Waals surface area contributed by atoms with Gasteiger partial charge in [-0.05, 0) is 146 Å². The molecule has 0 radical (unpaired) electrons. The Morgan fingerprint density at radius 1 is 0.364 bits per heavy atom. The second kappa shape index (κ2) is 12.7. The monoisotopic (exact) mass is 714 g/mol. The number of anilines is 6. The maximum atomic E-state index is 14.3. The summed E-state index contributed by atoms with van der Waals surface area (Å²) in [5, 5.41) is 7.06. The summed E-state index contributed by atoms with van der Waals surface area (Å²) < 4.78 is 28.4. The number of hydrogen-bond donors (Lipinski definition) is 0. The van der Waals surface area contributed by atoms with E-state index in [9.17, 15) is 8.78 Å². The number of para-hydroxylation sites is 2. The molecule has 0 aromatic heterocycles. The first kappa shape index (κ1) is 32.8. The fraction of sp³-hybridized carbons (Fsp3) is 0.0588. The largest absolute Gasteiger partial charge is 0.310 e. The molecule has 0 spiro atoms. The van der Waals surface area contributed by atoms with Crippen molar-refractivity contribution >= 4 is 66.4 Å². The van der Waals surface area contributed by atoms with Gasteiger partial charge in [0.05, 0.1) is 5.69 Å². The zero-order valence-corrected chi connectivity index (χ0v) is 30.5. The predicted octanol–water partition coefficient (Wildman–Crippen LogP) is 14.7. The Labute approximate surface area is 319 Å². The van der Waals surface area contributed by atoms with Gasteiger partial charge in [-0.2, -0.15) is 0 Å². The molecular formula is C51H36F2N2. The number of benzene rings is 9. The summed E-state index contributed by atoms with van der Waals surface area (Å²) in [5.74, 6) is -0.526. The van der Waals surface area contributed by atoms with E-state index in [4.69, 9.17) is 0 Å². The topological polar surface area (TPSA) is 6.48 Å². The fourth-order valence-electron chi connectivity index (χ4n) is 8.74. The van der Waals surface area contributed by atoms with Crippen LogP contribution in [-0.2, 0) is 5.41 Å². The highest BCUT2D eigenvalue weighted by Crippen LogP contribution is 2.53. The highest BCUT2D eigenvalue weighted by atomic mass is 19.1. The molecule has 0 N–H and O–H groups in total. The first-order valence-electron chi connectivity index (χ1n) is 18.6. The van der Waals surface area contributed by atoms with Crippen LogP contribution in [0.25, 0.3) is 43.4 Å². The van der Waals surface area contributed by atoms with Crippen LogP contribution in [0.5, 0.6) is 0 Å². The SMILES string of the molecule is CC1(C)c2cc(N(c3ccccc3)c3ccc(F)cc3)ccc2-c2cc3c4ccccc4c(N(c4ccccc4)c4ccc(F)cc4)cc3c3cccc1c23. The van der Waals surface area contributed by atoms with Crippen molar-refractivity contribution in [3.8, 4) is 11.1 Å². The van der Waals surface area contributed by atoms with Crippen molar-refractivity contribution in [2.75, 3.05) is 9.80 Å². The fourth-order valence-corrected chi connectivity index (χ4v) is 8.74. The lowest BCUT2D eigenvalue weighted by molar-refractivity contribution is 0.627. The van der Waals surface area contributed by atoms with Gasteiger partial charge in [0.2, 0.25) is 0 Å². The Morgan fingerprint density at radius 2 is 0.873 bits per heavy atom. The average Bonchev–Trinajstić information content (AvgIpc) is 3.22. The van der Waals surface area contributed by atoms with Crippen LogP contribution in [0.1, 0.15) is 25.0 Å². The van der Waals surface area contributed by atoms with Crippen molar-refractivity contribution in [2.24, 2.45) is 0 Å². The first-order valence-corrected chi connectivity index (χ1v) is 18.6. The van der Waals surface area contributed by atoms with Gasteiger partial charge in [0.15, 0.2) is 0 Å². The molecule has 0 saturated heterocycles. The summed E-state index contributed by atoms with van der Waals surface area (Å²) in [7, 11) is 0. The highest BCUT2D eigenvalue weighted by Gasteiger charge is 2.35. The first-order chi connectivity index (χ1) is 26.9. The van der Waals surface area contributed by atoms with Crippen molar-refractivity contribution < 1.29 is 8.78 Å². The molecule has 264 valence electrons. The van der Waals surface area contributed by atoms with Crippen molar-refractivity contribution in [2.45, 2.75) is 19.3 Å². The van der Waals surface area contributed by atoms with Crippen LogP contribution in [0.3, 0.4) is 0 Å². The Bertz CT molecular complexity index is 2900. The van der Waals surface area contributed by atoms with E-state index in [-0.39, 0.29) is 17.0 Å². The number of fused-ring (bicyclic) bond motifs is 6. The molecule has 10 rings (SSSR count). The second-order valence-corrected chi connectivity index (χ2v) is 14.8. The Morgan fingerprint density at radius 3 is 1.53 bits per heavy atom. The highest BCUT2D eigenvalue weighted by molar-refractivity contribution is 6.25. The molecule has 0 fully saturated rings. The number of rotatable bonds is 6. The van der Waals surface area contributed by atoms with E-state index in [0.29, 0.717) is 0 Å². The molecule has 55 heavy (non-hydrogen) atoms. The van der Waals surface area contributed by atoms with Crippen LogP contribution in [0, 0.1) is 11.6 Å². The van der Waals surface area contributed by atoms with E-state index < -0.39 is 0 Å². The maximum Gasteiger partial charge on any atom is 0.123 e. The summed E-state index contributed by atoms with van der Waals surface area (Å²) in [6.45, 7) is 4.64. The van der Waals surface area contributed by atoms with Gasteiger partial charge in [-0.1, -0.05) is 98.8 Å². The molecule has 2 nitrogen and oxygen atoms in total. The van der Waals surface area contributed by atoms with Gasteiger partial charge in [-0.25, -0.2) is 8.78 Å². The molecular weight excluding hydrogens is 679 g/mol. The van der Waals surface area contributed by atoms with E-state index in [2.05, 4.69) is 121 Å². The van der Waals surface area contributed by atoms with Gasteiger partial charge in [0.1, 0.15) is 11.6 Å². The third-order valence-corrected chi connectivity index (χ3v) is 11.3. The third kappa shape index (κ3) is 5.28. The summed E-state index contributed by atoms with van der Waals surface area (Å²) in [5.41, 5.74) is 10.4. The average molecular weight is 715 g/mol. The van der Waals surface area contributed by atoms with Crippen LogP contribution >= 0.6 is 0 Å². The quantitative estimate of drug-likeness (QED) is 0.158. The zero-order valence-electron chi connectivity index (χ0n) is 30.5. The molecule has 0 saturated carbocycles. The lowest BCUT2D eigenvalue weighted by Gasteiger charge is -2.37. The molecule has 1 aliphatic rings. The van der Waals surface area contributed by atoms with Gasteiger partial charge < -0.3 is 9.80 Å². The Hall–Kier alpha value is -6.78. The van der Waals surface area contributed by atoms with E-state index in [1.807, 2.05) is 60.7 Å². The number of nitrogens with zero attached hydrogens (tertiary/aromatic N) is 2. The van der Waals surface area contributed by atoms with Crippen molar-refractivity contribution in [3.63, 3.8) is 0 Å². The molecule has 9 aromatic rings. The van der Waals surface area contributed by atoms with Crippen LogP contribution in [0.15, 0.2) is 182 Å². The molecule has 0 heterocycles. The second-order valence-electron chi connectivity index (χ2n) is 14.8. The minimum Gasteiger partial charge on any atom is -0.310 e. The predicted molar refractivity (Wildman–Crippen MR) is 226 cm³/mol. The Balaban J connectivity index is 1.23. The van der Waals surface area contributed by atoms with Crippen LogP contribution in [0.2, 0.25) is 0 Å². The van der Waals surface area contributed by atoms with E-state index in [1.54, 1.807) is 0 Å². The molecule has 0 bridgehead atoms. The summed E-state index contributed by atoms with van der Waals surface area (Å²) in [6, 6.07) is 60.8. The minimum absolute atomic E-state index is 0.261. The molecule has 4 heteroatoms. The smallest absolute Gasteiger partial charge is 0.123 e. The minimum atomic E-state index is -0.333. The van der Waals surface area contributed by atoms with Gasteiger partial charge in [-0.15, -0.1) is 0 Å². The van der Waals surface area contributed by atoms with Crippen LogP contribution < -0.4 is 9.80 Å². The molecule has 0 atom stereocenters. The van der Waals surface area contributed by atoms with Crippen LogP contribution in [0.4, 0.5) is 42.9 Å². The van der Waals surface area contributed by atoms with E-state index >= 15 is 0 Å². The number of halogens is 2. The lowest BCUT2D eigenvalue weighted by atomic mass is 9.68. The lowest BCUT2D eigenvalue weighted by Crippen LogP contribution is -2.24. The van der Waals surface area contributed by atoms with E-state index in [1.165, 1.54) is 68.1 Å². The summed E-state index contributed by atoms with van der Waals surface area (Å²) >= 11 is 0. The zero-order chi connectivity index (χ0) is 37.3. The summed E-state index contributed by atoms with van der Waals surface area (Å²) in [4.78, 5) is 4.43. The van der Waals surface area contributed by atoms with Crippen molar-refractivity contribution in [1.82, 2.24) is 0 Å². The maximum absolute atomic E-state index is 14.3. The van der Waals surface area contributed by atoms with Gasteiger partial charge in [0.25, 0.3) is 0 Å². The molecule has 0 amide bonds. The van der Waals surface area contributed by atoms with Crippen molar-refractivity contribution in [1.29, 1.82) is 0 Å². The van der Waals surface area contributed by atoms with Gasteiger partial charge >= 0.3 is 0 Å². The molecule has 9 aromatic carbocycles. The molecule has 0 unspecified atom stereocenters. The number of hydrogen-bond acceptors (Lipinski definition) is 2. The van der Waals surface area contributed by atoms with Gasteiger partial charge in [-0.3, -0.25) is 0 Å². The Kier molecular flexibility index (Phi) is 7.57.